The van der Waals surface area contributed by atoms with Crippen LogP contribution < -0.4 is 5.32 Å². The summed E-state index contributed by atoms with van der Waals surface area (Å²) in [6.07, 6.45) is -0.243. The third-order valence-corrected chi connectivity index (χ3v) is 7.85. The standard InChI is InChI=1S/C27H26F3NO2S2/c1-33-16-24(18-3-8-20(34-2)9-4-18)26(32)31-19-7-14-23(25(15-19)27(28,29)30)17-5-10-21(11-6-17)35-22-12-13-22/h3-11,14-15,22,24H,12-13,16H2,1-2H3,(H,31,32). The first-order valence-electron chi connectivity index (χ1n) is 11.2. The highest BCUT2D eigenvalue weighted by Crippen LogP contribution is 2.42. The number of thioether (sulfide) groups is 2. The molecule has 1 N–H and O–H groups in total. The summed E-state index contributed by atoms with van der Waals surface area (Å²) in [6, 6.07) is 18.6. The van der Waals surface area contributed by atoms with E-state index in [1.54, 1.807) is 35.7 Å². The summed E-state index contributed by atoms with van der Waals surface area (Å²) >= 11 is 3.34. The first-order chi connectivity index (χ1) is 16.8. The van der Waals surface area contributed by atoms with Crippen LogP contribution in [0.2, 0.25) is 0 Å². The molecule has 35 heavy (non-hydrogen) atoms. The van der Waals surface area contributed by atoms with Crippen molar-refractivity contribution in [3.05, 3.63) is 77.9 Å². The smallest absolute Gasteiger partial charge is 0.384 e. The first kappa shape index (κ1) is 25.7. The van der Waals surface area contributed by atoms with Crippen LogP contribution in [0.15, 0.2) is 76.5 Å². The molecule has 0 aromatic heterocycles. The number of carbonyl (C=O) groups is 1. The van der Waals surface area contributed by atoms with Gasteiger partial charge in [-0.25, -0.2) is 0 Å². The van der Waals surface area contributed by atoms with Gasteiger partial charge in [-0.15, -0.1) is 23.5 Å². The number of nitrogens with one attached hydrogen (secondary N) is 1. The van der Waals surface area contributed by atoms with Gasteiger partial charge in [-0.3, -0.25) is 4.79 Å². The fourth-order valence-electron chi connectivity index (χ4n) is 3.76. The molecule has 1 aliphatic rings. The van der Waals surface area contributed by atoms with E-state index in [9.17, 15) is 18.0 Å². The average Bonchev–Trinajstić information content (AvgIpc) is 3.66. The van der Waals surface area contributed by atoms with Crippen LogP contribution in [-0.4, -0.2) is 31.1 Å². The van der Waals surface area contributed by atoms with Crippen LogP contribution in [0.3, 0.4) is 0 Å². The Morgan fingerprint density at radius 3 is 2.26 bits per heavy atom. The quantitative estimate of drug-likeness (QED) is 0.295. The number of ether oxygens (including phenoxy) is 1. The van der Waals surface area contributed by atoms with E-state index in [1.165, 1.54) is 32.1 Å². The summed E-state index contributed by atoms with van der Waals surface area (Å²) in [5, 5.41) is 3.28. The fourth-order valence-corrected chi connectivity index (χ4v) is 5.21. The minimum Gasteiger partial charge on any atom is -0.384 e. The maximum absolute atomic E-state index is 14.0. The number of alkyl halides is 3. The lowest BCUT2D eigenvalue weighted by Gasteiger charge is -2.19. The van der Waals surface area contributed by atoms with Crippen molar-refractivity contribution >= 4 is 35.1 Å². The Morgan fingerprint density at radius 2 is 1.69 bits per heavy atom. The molecule has 1 saturated carbocycles. The molecule has 3 aromatic carbocycles. The number of carbonyl (C=O) groups excluding carboxylic acids is 1. The molecule has 3 nitrogen and oxygen atoms in total. The van der Waals surface area contributed by atoms with Crippen molar-refractivity contribution in [2.75, 3.05) is 25.3 Å². The van der Waals surface area contributed by atoms with E-state index in [1.807, 2.05) is 42.7 Å². The Morgan fingerprint density at radius 1 is 1.03 bits per heavy atom. The van der Waals surface area contributed by atoms with E-state index in [0.717, 1.165) is 21.4 Å². The third kappa shape index (κ3) is 6.63. The highest BCUT2D eigenvalue weighted by molar-refractivity contribution is 8.00. The predicted molar refractivity (Wildman–Crippen MR) is 137 cm³/mol. The molecule has 8 heteroatoms. The second-order valence-corrected chi connectivity index (χ2v) is 10.6. The molecule has 184 valence electrons. The maximum Gasteiger partial charge on any atom is 0.417 e. The molecule has 0 heterocycles. The molecule has 1 fully saturated rings. The average molecular weight is 518 g/mol. The number of methoxy groups -OCH3 is 1. The molecule has 3 aromatic rings. The minimum atomic E-state index is -4.57. The van der Waals surface area contributed by atoms with Gasteiger partial charge in [-0.2, -0.15) is 13.2 Å². The van der Waals surface area contributed by atoms with Gasteiger partial charge >= 0.3 is 6.18 Å². The summed E-state index contributed by atoms with van der Waals surface area (Å²) < 4.78 is 47.2. The molecule has 1 atom stereocenters. The summed E-state index contributed by atoms with van der Waals surface area (Å²) in [5.41, 5.74) is 0.611. The van der Waals surface area contributed by atoms with Crippen molar-refractivity contribution in [3.8, 4) is 11.1 Å². The van der Waals surface area contributed by atoms with E-state index in [-0.39, 0.29) is 17.9 Å². The van der Waals surface area contributed by atoms with Crippen LogP contribution >= 0.6 is 23.5 Å². The molecular formula is C27H26F3NO2S2. The SMILES string of the molecule is COCC(C(=O)Nc1ccc(-c2ccc(SC3CC3)cc2)c(C(F)(F)F)c1)c1ccc(SC)cc1. The second kappa shape index (κ2) is 11.1. The van der Waals surface area contributed by atoms with E-state index in [4.69, 9.17) is 4.74 Å². The molecule has 0 saturated heterocycles. The molecule has 1 amide bonds. The minimum absolute atomic E-state index is 0.0829. The molecular weight excluding hydrogens is 491 g/mol. The number of hydrogen-bond donors (Lipinski definition) is 1. The lowest BCUT2D eigenvalue weighted by Crippen LogP contribution is -2.25. The van der Waals surface area contributed by atoms with Gasteiger partial charge in [0.25, 0.3) is 0 Å². The van der Waals surface area contributed by atoms with Gasteiger partial charge in [0.1, 0.15) is 0 Å². The summed E-state index contributed by atoms with van der Waals surface area (Å²) in [7, 11) is 1.49. The fraction of sp³-hybridized carbons (Fsp3) is 0.296. The number of hydrogen-bond acceptors (Lipinski definition) is 4. The van der Waals surface area contributed by atoms with Gasteiger partial charge in [0.15, 0.2) is 0 Å². The zero-order valence-corrected chi connectivity index (χ0v) is 21.0. The van der Waals surface area contributed by atoms with Crippen molar-refractivity contribution in [2.45, 2.75) is 40.0 Å². The summed E-state index contributed by atoms with van der Waals surface area (Å²) in [6.45, 7) is 0.111. The molecule has 0 spiro atoms. The zero-order chi connectivity index (χ0) is 25.0. The Labute approximate surface area is 211 Å². The zero-order valence-electron chi connectivity index (χ0n) is 19.4. The highest BCUT2D eigenvalue weighted by Gasteiger charge is 2.34. The van der Waals surface area contributed by atoms with E-state index in [0.29, 0.717) is 10.8 Å². The van der Waals surface area contributed by atoms with Crippen molar-refractivity contribution in [1.82, 2.24) is 0 Å². The largest absolute Gasteiger partial charge is 0.417 e. The number of amides is 1. The van der Waals surface area contributed by atoms with Crippen LogP contribution in [-0.2, 0) is 15.7 Å². The molecule has 0 bridgehead atoms. The Bertz CT molecular complexity index is 1160. The van der Waals surface area contributed by atoms with E-state index >= 15 is 0 Å². The Balaban J connectivity index is 1.57. The van der Waals surface area contributed by atoms with E-state index < -0.39 is 23.6 Å². The monoisotopic (exact) mass is 517 g/mol. The molecule has 1 aliphatic carbocycles. The van der Waals surface area contributed by atoms with Crippen molar-refractivity contribution < 1.29 is 22.7 Å². The normalized spacial score (nSPS) is 14.5. The van der Waals surface area contributed by atoms with Crippen LogP contribution in [0.5, 0.6) is 0 Å². The number of rotatable bonds is 9. The Hall–Kier alpha value is -2.42. The van der Waals surface area contributed by atoms with Gasteiger partial charge in [0, 0.05) is 27.8 Å². The van der Waals surface area contributed by atoms with Gasteiger partial charge in [-0.05, 0) is 72.2 Å². The van der Waals surface area contributed by atoms with Crippen molar-refractivity contribution in [1.29, 1.82) is 0 Å². The second-order valence-electron chi connectivity index (χ2n) is 8.37. The molecule has 1 unspecified atom stereocenters. The topological polar surface area (TPSA) is 38.3 Å². The number of benzene rings is 3. The number of halogens is 3. The summed E-state index contributed by atoms with van der Waals surface area (Å²) in [4.78, 5) is 15.1. The van der Waals surface area contributed by atoms with E-state index in [2.05, 4.69) is 5.32 Å². The van der Waals surface area contributed by atoms with Crippen LogP contribution in [0.4, 0.5) is 18.9 Å². The predicted octanol–water partition coefficient (Wildman–Crippen LogP) is 7.72. The lowest BCUT2D eigenvalue weighted by atomic mass is 9.97. The van der Waals surface area contributed by atoms with Gasteiger partial charge in [-0.1, -0.05) is 30.3 Å². The van der Waals surface area contributed by atoms with Gasteiger partial charge < -0.3 is 10.1 Å². The molecule has 0 radical (unpaired) electrons. The van der Waals surface area contributed by atoms with Crippen molar-refractivity contribution in [3.63, 3.8) is 0 Å². The van der Waals surface area contributed by atoms with Crippen molar-refractivity contribution in [2.24, 2.45) is 0 Å². The van der Waals surface area contributed by atoms with Crippen LogP contribution in [0, 0.1) is 0 Å². The summed E-state index contributed by atoms with van der Waals surface area (Å²) in [5.74, 6) is -1.08. The lowest BCUT2D eigenvalue weighted by molar-refractivity contribution is -0.137. The van der Waals surface area contributed by atoms with Crippen LogP contribution in [0.25, 0.3) is 11.1 Å². The Kier molecular flexibility index (Phi) is 8.14. The first-order valence-corrected chi connectivity index (χ1v) is 13.3. The maximum atomic E-state index is 14.0. The van der Waals surface area contributed by atoms with Gasteiger partial charge in [0.2, 0.25) is 5.91 Å². The third-order valence-electron chi connectivity index (χ3n) is 5.75. The molecule has 4 rings (SSSR count). The van der Waals surface area contributed by atoms with Crippen LogP contribution in [0.1, 0.15) is 29.9 Å². The number of anilines is 1. The molecule has 0 aliphatic heterocycles. The highest BCUT2D eigenvalue weighted by atomic mass is 32.2. The van der Waals surface area contributed by atoms with Gasteiger partial charge in [0.05, 0.1) is 18.1 Å².